The van der Waals surface area contributed by atoms with E-state index in [-0.39, 0.29) is 5.56 Å². The van der Waals surface area contributed by atoms with Gasteiger partial charge in [-0.25, -0.2) is 0 Å². The van der Waals surface area contributed by atoms with Crippen LogP contribution in [0.4, 0.5) is 0 Å². The van der Waals surface area contributed by atoms with Gasteiger partial charge in [-0.3, -0.25) is 9.78 Å². The number of rotatable bonds is 2. The van der Waals surface area contributed by atoms with Gasteiger partial charge in [0.25, 0.3) is 0 Å². The molecule has 0 amide bonds. The minimum Gasteiger partial charge on any atom is -0.328 e. The van der Waals surface area contributed by atoms with E-state index >= 15 is 0 Å². The lowest BCUT2D eigenvalue weighted by atomic mass is 10.1. The SMILES string of the molecule is CCc1ccnc(-c2ccc(=O)[nH]c2)c1. The monoisotopic (exact) mass is 200 g/mol. The predicted octanol–water partition coefficient (Wildman–Crippen LogP) is 2.00. The van der Waals surface area contributed by atoms with Crippen molar-refractivity contribution in [2.24, 2.45) is 0 Å². The first-order valence-electron chi connectivity index (χ1n) is 4.93. The van der Waals surface area contributed by atoms with Crippen molar-refractivity contribution in [2.75, 3.05) is 0 Å². The highest BCUT2D eigenvalue weighted by molar-refractivity contribution is 5.58. The Kier molecular flexibility index (Phi) is 2.63. The second kappa shape index (κ2) is 4.09. The summed E-state index contributed by atoms with van der Waals surface area (Å²) < 4.78 is 0. The Morgan fingerprint density at radius 1 is 1.33 bits per heavy atom. The molecule has 0 atom stereocenters. The molecule has 0 aromatic carbocycles. The van der Waals surface area contributed by atoms with E-state index in [0.29, 0.717) is 0 Å². The van der Waals surface area contributed by atoms with E-state index in [1.165, 1.54) is 11.6 Å². The first-order chi connectivity index (χ1) is 7.29. The zero-order chi connectivity index (χ0) is 10.7. The van der Waals surface area contributed by atoms with Crippen LogP contribution in [-0.4, -0.2) is 9.97 Å². The Hall–Kier alpha value is -1.90. The summed E-state index contributed by atoms with van der Waals surface area (Å²) in [5, 5.41) is 0. The minimum absolute atomic E-state index is 0.0922. The zero-order valence-corrected chi connectivity index (χ0v) is 8.53. The van der Waals surface area contributed by atoms with Crippen LogP contribution in [0.2, 0.25) is 0 Å². The summed E-state index contributed by atoms with van der Waals surface area (Å²) in [4.78, 5) is 17.8. The van der Waals surface area contributed by atoms with Gasteiger partial charge in [-0.2, -0.15) is 0 Å². The van der Waals surface area contributed by atoms with Gasteiger partial charge < -0.3 is 4.98 Å². The fourth-order valence-corrected chi connectivity index (χ4v) is 1.42. The summed E-state index contributed by atoms with van der Waals surface area (Å²) in [7, 11) is 0. The topological polar surface area (TPSA) is 45.8 Å². The number of pyridine rings is 2. The molecule has 0 spiro atoms. The van der Waals surface area contributed by atoms with Crippen LogP contribution >= 0.6 is 0 Å². The van der Waals surface area contributed by atoms with E-state index < -0.39 is 0 Å². The van der Waals surface area contributed by atoms with Crippen molar-refractivity contribution < 1.29 is 0 Å². The molecule has 0 aliphatic carbocycles. The van der Waals surface area contributed by atoms with Crippen LogP contribution in [0.1, 0.15) is 12.5 Å². The quantitative estimate of drug-likeness (QED) is 0.805. The van der Waals surface area contributed by atoms with E-state index in [1.807, 2.05) is 12.1 Å². The molecule has 2 rings (SSSR count). The van der Waals surface area contributed by atoms with Crippen LogP contribution in [-0.2, 0) is 6.42 Å². The first-order valence-corrected chi connectivity index (χ1v) is 4.93. The third-order valence-electron chi connectivity index (χ3n) is 2.31. The predicted molar refractivity (Wildman–Crippen MR) is 59.7 cm³/mol. The van der Waals surface area contributed by atoms with Crippen LogP contribution in [0.5, 0.6) is 0 Å². The van der Waals surface area contributed by atoms with Crippen LogP contribution in [0, 0.1) is 0 Å². The average Bonchev–Trinajstić information content (AvgIpc) is 2.30. The Morgan fingerprint density at radius 3 is 2.87 bits per heavy atom. The molecule has 0 aliphatic heterocycles. The first kappa shape index (κ1) is 9.65. The van der Waals surface area contributed by atoms with E-state index in [1.54, 1.807) is 18.5 Å². The fourth-order valence-electron chi connectivity index (χ4n) is 1.42. The largest absolute Gasteiger partial charge is 0.328 e. The van der Waals surface area contributed by atoms with Gasteiger partial charge in [0.1, 0.15) is 0 Å². The highest BCUT2D eigenvalue weighted by atomic mass is 16.1. The lowest BCUT2D eigenvalue weighted by molar-refractivity contribution is 1.12. The maximum absolute atomic E-state index is 10.9. The Labute approximate surface area is 87.8 Å². The number of aryl methyl sites for hydroxylation is 1. The van der Waals surface area contributed by atoms with Crippen molar-refractivity contribution in [1.29, 1.82) is 0 Å². The molecule has 3 nitrogen and oxygen atoms in total. The standard InChI is InChI=1S/C12H12N2O/c1-2-9-5-6-13-11(7-9)10-3-4-12(15)14-8-10/h3-8H,2H2,1H3,(H,14,15). The van der Waals surface area contributed by atoms with Crippen molar-refractivity contribution in [1.82, 2.24) is 9.97 Å². The maximum atomic E-state index is 10.9. The van der Waals surface area contributed by atoms with Gasteiger partial charge in [0.2, 0.25) is 5.56 Å². The molecule has 0 bridgehead atoms. The number of aromatic nitrogens is 2. The Bertz CT molecular complexity index is 497. The highest BCUT2D eigenvalue weighted by Crippen LogP contribution is 2.15. The van der Waals surface area contributed by atoms with Crippen LogP contribution in [0.15, 0.2) is 41.5 Å². The molecular weight excluding hydrogens is 188 g/mol. The molecule has 0 saturated carbocycles. The number of nitrogens with one attached hydrogen (secondary N) is 1. The number of aromatic amines is 1. The molecule has 2 heterocycles. The zero-order valence-electron chi connectivity index (χ0n) is 8.53. The maximum Gasteiger partial charge on any atom is 0.247 e. The van der Waals surface area contributed by atoms with Crippen LogP contribution in [0.25, 0.3) is 11.3 Å². The lowest BCUT2D eigenvalue weighted by Gasteiger charge is -2.01. The average molecular weight is 200 g/mol. The summed E-state index contributed by atoms with van der Waals surface area (Å²) in [5.74, 6) is 0. The molecule has 0 fully saturated rings. The number of hydrogen-bond donors (Lipinski definition) is 1. The molecule has 2 aromatic rings. The van der Waals surface area contributed by atoms with E-state index in [9.17, 15) is 4.79 Å². The van der Waals surface area contributed by atoms with Crippen molar-refractivity contribution in [3.63, 3.8) is 0 Å². The molecule has 3 heteroatoms. The smallest absolute Gasteiger partial charge is 0.247 e. The normalized spacial score (nSPS) is 10.2. The molecule has 0 unspecified atom stereocenters. The highest BCUT2D eigenvalue weighted by Gasteiger charge is 1.99. The van der Waals surface area contributed by atoms with Gasteiger partial charge in [-0.15, -0.1) is 0 Å². The number of H-pyrrole nitrogens is 1. The van der Waals surface area contributed by atoms with E-state index in [4.69, 9.17) is 0 Å². The van der Waals surface area contributed by atoms with Gasteiger partial charge in [0.05, 0.1) is 5.69 Å². The number of nitrogens with zero attached hydrogens (tertiary/aromatic N) is 1. The molecule has 1 N–H and O–H groups in total. The van der Waals surface area contributed by atoms with Gasteiger partial charge in [0.15, 0.2) is 0 Å². The van der Waals surface area contributed by atoms with Crippen molar-refractivity contribution in [2.45, 2.75) is 13.3 Å². The second-order valence-electron chi connectivity index (χ2n) is 3.34. The Morgan fingerprint density at radius 2 is 2.20 bits per heavy atom. The summed E-state index contributed by atoms with van der Waals surface area (Å²) in [6.45, 7) is 2.10. The van der Waals surface area contributed by atoms with Crippen molar-refractivity contribution >= 4 is 0 Å². The molecule has 0 aliphatic rings. The van der Waals surface area contributed by atoms with Crippen LogP contribution in [0.3, 0.4) is 0 Å². The van der Waals surface area contributed by atoms with Crippen molar-refractivity contribution in [3.8, 4) is 11.3 Å². The number of hydrogen-bond acceptors (Lipinski definition) is 2. The van der Waals surface area contributed by atoms with E-state index in [2.05, 4.69) is 16.9 Å². The summed E-state index contributed by atoms with van der Waals surface area (Å²) in [5.41, 5.74) is 2.98. The second-order valence-corrected chi connectivity index (χ2v) is 3.34. The third kappa shape index (κ3) is 2.13. The molecule has 15 heavy (non-hydrogen) atoms. The van der Waals surface area contributed by atoms with Gasteiger partial charge in [-0.1, -0.05) is 6.92 Å². The fraction of sp³-hybridized carbons (Fsp3) is 0.167. The van der Waals surface area contributed by atoms with E-state index in [0.717, 1.165) is 17.7 Å². The molecule has 0 saturated heterocycles. The molecular formula is C12H12N2O. The van der Waals surface area contributed by atoms with Crippen LogP contribution < -0.4 is 5.56 Å². The molecule has 0 radical (unpaired) electrons. The van der Waals surface area contributed by atoms with Crippen molar-refractivity contribution in [3.05, 3.63) is 52.6 Å². The summed E-state index contributed by atoms with van der Waals surface area (Å²) >= 11 is 0. The summed E-state index contributed by atoms with van der Waals surface area (Å²) in [6.07, 6.45) is 4.46. The lowest BCUT2D eigenvalue weighted by Crippen LogP contribution is -2.01. The third-order valence-corrected chi connectivity index (χ3v) is 2.31. The molecule has 76 valence electrons. The summed E-state index contributed by atoms with van der Waals surface area (Å²) in [6, 6.07) is 7.32. The Balaban J connectivity index is 2.44. The van der Waals surface area contributed by atoms with Gasteiger partial charge in [-0.05, 0) is 30.2 Å². The van der Waals surface area contributed by atoms with Gasteiger partial charge >= 0.3 is 0 Å². The molecule has 2 aromatic heterocycles. The van der Waals surface area contributed by atoms with Gasteiger partial charge in [0, 0.05) is 24.0 Å². The minimum atomic E-state index is -0.0922.